The van der Waals surface area contributed by atoms with E-state index in [2.05, 4.69) is 205 Å². The average molecular weight is 1180 g/mol. The third kappa shape index (κ3) is 72.1. The number of fused-ring (bicyclic) bond motifs is 2. The summed E-state index contributed by atoms with van der Waals surface area (Å²) in [5.74, 6) is 2.25. The van der Waals surface area contributed by atoms with Crippen molar-refractivity contribution in [3.63, 3.8) is 0 Å². The summed E-state index contributed by atoms with van der Waals surface area (Å²) in [5, 5.41) is 0. The molecule has 0 amide bonds. The molecule has 0 spiro atoms. The van der Waals surface area contributed by atoms with Gasteiger partial charge in [0.25, 0.3) is 0 Å². The second-order valence-electron chi connectivity index (χ2n) is 15.8. The number of allylic oxidation sites excluding steroid dienone is 4. The molecule has 2 aliphatic rings. The molecule has 0 fully saturated rings. The van der Waals surface area contributed by atoms with Crippen LogP contribution in [0.4, 0.5) is 0 Å². The summed E-state index contributed by atoms with van der Waals surface area (Å²) >= 11 is 1.92. The molecule has 0 unspecified atom stereocenters. The van der Waals surface area contributed by atoms with E-state index in [1.54, 1.807) is 22.3 Å². The topological polar surface area (TPSA) is 7.76 Å². The number of thioether (sulfide) groups is 1. The van der Waals surface area contributed by atoms with Crippen LogP contribution in [0.3, 0.4) is 0 Å². The van der Waals surface area contributed by atoms with Gasteiger partial charge in [0.05, 0.1) is 0 Å². The Labute approximate surface area is 480 Å². The van der Waals surface area contributed by atoms with Crippen molar-refractivity contribution in [1.29, 1.82) is 0 Å². The zero-order chi connectivity index (χ0) is 53.1. The van der Waals surface area contributed by atoms with Crippen molar-refractivity contribution < 1.29 is 48.1 Å². The first kappa shape index (κ1) is 94.7. The van der Waals surface area contributed by atoms with Gasteiger partial charge in [0.2, 0.25) is 0 Å². The number of rotatable bonds is 4. The molecule has 2 radical (unpaired) electrons. The van der Waals surface area contributed by atoms with Crippen molar-refractivity contribution in [2.75, 3.05) is 5.75 Å². The molecule has 0 bridgehead atoms. The minimum atomic E-state index is 0. The Kier molecular flexibility index (Phi) is 109. The molecule has 0 atom stereocenters. The molecule has 422 valence electrons. The Morgan fingerprint density at radius 3 is 0.746 bits per heavy atom. The summed E-state index contributed by atoms with van der Waals surface area (Å²) in [6, 6.07) is 29.8. The van der Waals surface area contributed by atoms with Gasteiger partial charge >= 0.3 is 0 Å². The fourth-order valence-corrected chi connectivity index (χ4v) is 5.28. The van der Waals surface area contributed by atoms with Crippen molar-refractivity contribution in [1.82, 2.24) is 0 Å². The van der Waals surface area contributed by atoms with Gasteiger partial charge in [-0.1, -0.05) is 218 Å². The second kappa shape index (κ2) is 81.9. The van der Waals surface area contributed by atoms with E-state index >= 15 is 0 Å². The number of aromatic nitrogens is 2. The molecule has 0 N–H and O–H groups in total. The van der Waals surface area contributed by atoms with E-state index in [-0.39, 0.29) is 53.8 Å². The largest absolute Gasteiger partial charge is 0.358 e. The summed E-state index contributed by atoms with van der Waals surface area (Å²) in [5.41, 5.74) is 12.0. The van der Waals surface area contributed by atoms with E-state index in [0.717, 1.165) is 12.4 Å². The monoisotopic (exact) mass is 1180 g/mol. The zero-order valence-corrected chi connectivity index (χ0v) is 56.4. The van der Waals surface area contributed by atoms with E-state index in [9.17, 15) is 0 Å². The van der Waals surface area contributed by atoms with Gasteiger partial charge < -0.3 is 14.9 Å². The predicted molar refractivity (Wildman–Crippen MR) is 329 cm³/mol. The zero-order valence-electron chi connectivity index (χ0n) is 52.3. The molecular formula is C66H124N2Rh2S. The first-order chi connectivity index (χ1) is 32.3. The van der Waals surface area contributed by atoms with Crippen LogP contribution in [0.2, 0.25) is 0 Å². The second-order valence-corrected chi connectivity index (χ2v) is 17.0. The van der Waals surface area contributed by atoms with Gasteiger partial charge in [0.1, 0.15) is 6.54 Å². The summed E-state index contributed by atoms with van der Waals surface area (Å²) in [7, 11) is 0. The quantitative estimate of drug-likeness (QED) is 0.0855. The first-order valence-corrected chi connectivity index (χ1v) is 28.3. The molecule has 0 saturated carbocycles. The maximum atomic E-state index is 2.26. The van der Waals surface area contributed by atoms with Gasteiger partial charge in [-0.3, -0.25) is 0 Å². The minimum absolute atomic E-state index is 0. The summed E-state index contributed by atoms with van der Waals surface area (Å²) in [4.78, 5) is 0. The molecule has 2 aromatic carbocycles. The molecule has 0 saturated heterocycles. The van der Waals surface area contributed by atoms with Crippen LogP contribution in [-0.4, -0.2) is 5.75 Å². The molecule has 2 nitrogen and oxygen atoms in total. The number of hydrogen-bond donors (Lipinski definition) is 0. The van der Waals surface area contributed by atoms with Crippen molar-refractivity contribution in [3.05, 3.63) is 169 Å². The van der Waals surface area contributed by atoms with Crippen molar-refractivity contribution in [2.24, 2.45) is 0 Å². The summed E-state index contributed by atoms with van der Waals surface area (Å²) in [6.07, 6.45) is 22.8. The Bertz CT molecular complexity index is 1390. The fourth-order valence-electron chi connectivity index (χ4n) is 4.71. The normalized spacial score (nSPS) is 9.46. The van der Waals surface area contributed by atoms with Crippen LogP contribution in [0.15, 0.2) is 132 Å². The van der Waals surface area contributed by atoms with E-state index in [1.165, 1.54) is 98.7 Å². The van der Waals surface area contributed by atoms with Crippen LogP contribution in [0.5, 0.6) is 0 Å². The van der Waals surface area contributed by atoms with E-state index in [1.807, 2.05) is 91.4 Å². The van der Waals surface area contributed by atoms with Gasteiger partial charge in [-0.15, -0.1) is 0 Å². The van der Waals surface area contributed by atoms with E-state index < -0.39 is 0 Å². The minimum Gasteiger partial charge on any atom is -0.358 e. The Morgan fingerprint density at radius 1 is 0.366 bits per heavy atom. The van der Waals surface area contributed by atoms with Gasteiger partial charge in [-0.25, -0.2) is 4.57 Å². The maximum absolute atomic E-state index is 2.26. The Hall–Kier alpha value is -2.18. The van der Waals surface area contributed by atoms with Crippen LogP contribution in [0, 0.1) is 14.9 Å². The number of aryl methyl sites for hydroxylation is 5. The smallest absolute Gasteiger partial charge is 0.194 e. The van der Waals surface area contributed by atoms with Gasteiger partial charge in [0, 0.05) is 63.2 Å². The number of benzene rings is 2. The number of nitrogens with zero attached hydrogens (tertiary/aromatic N) is 2. The Balaban J connectivity index is -0.0000000634. The van der Waals surface area contributed by atoms with Gasteiger partial charge in [0.15, 0.2) is 30.7 Å². The fraction of sp³-hybridized carbons (Fsp3) is 0.576. The molecule has 6 rings (SSSR count). The van der Waals surface area contributed by atoms with Crippen LogP contribution in [0.1, 0.15) is 233 Å². The van der Waals surface area contributed by atoms with Crippen molar-refractivity contribution >= 4 is 11.8 Å². The van der Waals surface area contributed by atoms with Crippen molar-refractivity contribution in [3.8, 4) is 0 Å². The third-order valence-corrected chi connectivity index (χ3v) is 9.77. The van der Waals surface area contributed by atoms with Gasteiger partial charge in [-0.2, -0.15) is 4.57 Å². The molecule has 0 aliphatic heterocycles. The molecule has 71 heavy (non-hydrogen) atoms. The summed E-state index contributed by atoms with van der Waals surface area (Å²) < 4.78 is 4.30. The molecule has 4 aromatic rings. The van der Waals surface area contributed by atoms with Crippen molar-refractivity contribution in [2.45, 2.75) is 249 Å². The van der Waals surface area contributed by atoms with E-state index in [4.69, 9.17) is 0 Å². The molecule has 2 aromatic heterocycles. The summed E-state index contributed by atoms with van der Waals surface area (Å²) in [6.45, 7) is 51.1. The third-order valence-electron chi connectivity index (χ3n) is 8.89. The standard InChI is InChI=1S/2C10H12.C8H12NS.C7H10N.2C6H12.3C3H8.4C2H6.2CH3.2Rh/c2*1-2-6-10-8-4-3-7-9(10)5-1;1-2-10-8-9-6-4-3-5-7-9;1-2-8-6-4-3-5-7-8;2*1-5(2)6(3)4;3*1-3-2;4*1-2;;;;/h2*1-2,5-6H,3-4,7-8H2;3-7H,2,8H2,1H3;3-7H,2H2,1H3;2*1-4H3;3*3H2,1-2H3;4*1-2H3;2*1H3;;/q;;2*+1;;;;;;;;;;2*-1;;. The molecule has 5 heteroatoms. The van der Waals surface area contributed by atoms with Crippen LogP contribution in [0.25, 0.3) is 0 Å². The number of hydrogen-bond acceptors (Lipinski definition) is 1. The van der Waals surface area contributed by atoms with Crippen LogP contribution < -0.4 is 9.13 Å². The predicted octanol–water partition coefficient (Wildman–Crippen LogP) is 21.8. The van der Waals surface area contributed by atoms with E-state index in [0.29, 0.717) is 0 Å². The maximum Gasteiger partial charge on any atom is 0.194 e. The first-order valence-electron chi connectivity index (χ1n) is 27.1. The average Bonchev–Trinajstić information content (AvgIpc) is 3.38. The van der Waals surface area contributed by atoms with Crippen LogP contribution in [-0.2, 0) is 77.1 Å². The number of pyridine rings is 2. The molecule has 2 heterocycles. The molecular weight excluding hydrogens is 1060 g/mol. The SMILES string of the molecule is CC.CC.CC.CC.CC(C)=C(C)C.CC(C)=C(C)C.CCC.CCC.CCC.CCSC[n+]1ccccc1.CC[n+]1ccccc1.[CH3-].[CH3-].[Rh].[Rh].c1ccc2c(c1)CCCC2.c1ccc2c(c1)CCCC2. The molecule has 2 aliphatic carbocycles. The Morgan fingerprint density at radius 2 is 0.577 bits per heavy atom. The van der Waals surface area contributed by atoms with Gasteiger partial charge in [-0.05, 0) is 142 Å². The van der Waals surface area contributed by atoms with Crippen LogP contribution >= 0.6 is 11.8 Å².